The normalized spacial score (nSPS) is 11.0. The number of rotatable bonds is 8. The summed E-state index contributed by atoms with van der Waals surface area (Å²) in [5.41, 5.74) is 2.02. The van der Waals surface area contributed by atoms with Crippen LogP contribution in [-0.2, 0) is 13.0 Å². The van der Waals surface area contributed by atoms with Crippen molar-refractivity contribution < 1.29 is 9.45 Å². The fraction of sp³-hybridized carbons (Fsp3) is 0.263. The van der Waals surface area contributed by atoms with Gasteiger partial charge in [0.25, 0.3) is 5.69 Å². The molecule has 134 valence electrons. The van der Waals surface area contributed by atoms with Crippen molar-refractivity contribution in [3.8, 4) is 11.4 Å². The van der Waals surface area contributed by atoms with E-state index in [0.717, 1.165) is 19.5 Å². The second-order valence-corrected chi connectivity index (χ2v) is 5.92. The molecule has 0 bridgehead atoms. The Morgan fingerprint density at radius 2 is 1.85 bits per heavy atom. The second-order valence-electron chi connectivity index (χ2n) is 5.92. The Labute approximate surface area is 151 Å². The summed E-state index contributed by atoms with van der Waals surface area (Å²) < 4.78 is 5.34. The van der Waals surface area contributed by atoms with Gasteiger partial charge in [0.1, 0.15) is 0 Å². The monoisotopic (exact) mass is 352 g/mol. The van der Waals surface area contributed by atoms with Crippen LogP contribution in [0, 0.1) is 10.1 Å². The van der Waals surface area contributed by atoms with E-state index in [4.69, 9.17) is 4.52 Å². The molecule has 7 heteroatoms. The highest BCUT2D eigenvalue weighted by Gasteiger charge is 2.13. The van der Waals surface area contributed by atoms with Crippen molar-refractivity contribution >= 4 is 5.69 Å². The van der Waals surface area contributed by atoms with Crippen LogP contribution in [-0.4, -0.2) is 33.1 Å². The summed E-state index contributed by atoms with van der Waals surface area (Å²) in [6, 6.07) is 16.5. The van der Waals surface area contributed by atoms with Crippen LogP contribution in [0.25, 0.3) is 11.4 Å². The second kappa shape index (κ2) is 8.35. The molecule has 0 atom stereocenters. The lowest BCUT2D eigenvalue weighted by Crippen LogP contribution is -2.25. The quantitative estimate of drug-likeness (QED) is 0.454. The number of likely N-dealkylation sites (N-methyl/N-ethyl adjacent to an activating group) is 1. The van der Waals surface area contributed by atoms with Crippen molar-refractivity contribution in [3.63, 3.8) is 0 Å². The zero-order valence-electron chi connectivity index (χ0n) is 14.5. The predicted octanol–water partition coefficient (Wildman–Crippen LogP) is 3.71. The molecule has 0 radical (unpaired) electrons. The molecule has 0 aliphatic heterocycles. The Bertz CT molecular complexity index is 847. The molecule has 7 nitrogen and oxygen atoms in total. The zero-order chi connectivity index (χ0) is 18.4. The maximum atomic E-state index is 10.7. The van der Waals surface area contributed by atoms with Crippen molar-refractivity contribution in [2.24, 2.45) is 0 Å². The molecular weight excluding hydrogens is 332 g/mol. The Kier molecular flexibility index (Phi) is 5.70. The molecule has 2 aromatic carbocycles. The van der Waals surface area contributed by atoms with Gasteiger partial charge in [0.15, 0.2) is 0 Å². The molecule has 1 aromatic heterocycles. The highest BCUT2D eigenvalue weighted by Crippen LogP contribution is 2.20. The standard InChI is InChI=1S/C19H20N4O3/c1-2-22(13-12-15-6-4-3-5-7-15)14-18-20-19(21-26-18)16-8-10-17(11-9-16)23(24)25/h3-11H,2,12-14H2,1H3. The van der Waals surface area contributed by atoms with E-state index in [9.17, 15) is 10.1 Å². The summed E-state index contributed by atoms with van der Waals surface area (Å²) in [6.07, 6.45) is 0.956. The summed E-state index contributed by atoms with van der Waals surface area (Å²) in [5.74, 6) is 0.974. The number of hydrogen-bond donors (Lipinski definition) is 0. The lowest BCUT2D eigenvalue weighted by molar-refractivity contribution is -0.384. The van der Waals surface area contributed by atoms with Gasteiger partial charge >= 0.3 is 0 Å². The highest BCUT2D eigenvalue weighted by molar-refractivity contribution is 5.56. The Morgan fingerprint density at radius 1 is 1.12 bits per heavy atom. The maximum absolute atomic E-state index is 10.7. The van der Waals surface area contributed by atoms with E-state index < -0.39 is 4.92 Å². The third-order valence-corrected chi connectivity index (χ3v) is 4.17. The van der Waals surface area contributed by atoms with Crippen LogP contribution < -0.4 is 0 Å². The molecule has 0 spiro atoms. The smallest absolute Gasteiger partial charge is 0.269 e. The van der Waals surface area contributed by atoms with Crippen LogP contribution in [0.3, 0.4) is 0 Å². The largest absolute Gasteiger partial charge is 0.338 e. The van der Waals surface area contributed by atoms with E-state index in [1.54, 1.807) is 12.1 Å². The number of nitro benzene ring substituents is 1. The van der Waals surface area contributed by atoms with Crippen LogP contribution in [0.1, 0.15) is 18.4 Å². The lowest BCUT2D eigenvalue weighted by atomic mass is 10.1. The van der Waals surface area contributed by atoms with Gasteiger partial charge in [-0.05, 0) is 30.7 Å². The van der Waals surface area contributed by atoms with E-state index in [1.807, 2.05) is 18.2 Å². The minimum Gasteiger partial charge on any atom is -0.338 e. The number of nitro groups is 1. The molecule has 26 heavy (non-hydrogen) atoms. The molecule has 0 N–H and O–H groups in total. The van der Waals surface area contributed by atoms with E-state index in [1.165, 1.54) is 17.7 Å². The summed E-state index contributed by atoms with van der Waals surface area (Å²) in [6.45, 7) is 4.44. The molecule has 0 unspecified atom stereocenters. The van der Waals surface area contributed by atoms with Gasteiger partial charge in [-0.15, -0.1) is 0 Å². The first kappa shape index (κ1) is 17.8. The molecule has 0 saturated carbocycles. The van der Waals surface area contributed by atoms with Gasteiger partial charge in [0.2, 0.25) is 11.7 Å². The average Bonchev–Trinajstić information content (AvgIpc) is 3.14. The lowest BCUT2D eigenvalue weighted by Gasteiger charge is -2.17. The van der Waals surface area contributed by atoms with Crippen LogP contribution in [0.5, 0.6) is 0 Å². The van der Waals surface area contributed by atoms with Crippen LogP contribution in [0.4, 0.5) is 5.69 Å². The fourth-order valence-corrected chi connectivity index (χ4v) is 2.64. The van der Waals surface area contributed by atoms with Gasteiger partial charge in [-0.3, -0.25) is 15.0 Å². The summed E-state index contributed by atoms with van der Waals surface area (Å²) in [7, 11) is 0. The SMILES string of the molecule is CCN(CCc1ccccc1)Cc1nc(-c2ccc([N+](=O)[O-])cc2)no1. The van der Waals surface area contributed by atoms with Crippen molar-refractivity contribution in [1.29, 1.82) is 0 Å². The Balaban J connectivity index is 1.62. The van der Waals surface area contributed by atoms with Gasteiger partial charge in [0.05, 0.1) is 11.5 Å². The van der Waals surface area contributed by atoms with E-state index in [-0.39, 0.29) is 5.69 Å². The zero-order valence-corrected chi connectivity index (χ0v) is 14.5. The average molecular weight is 352 g/mol. The molecule has 3 aromatic rings. The summed E-state index contributed by atoms with van der Waals surface area (Å²) >= 11 is 0. The summed E-state index contributed by atoms with van der Waals surface area (Å²) in [4.78, 5) is 16.9. The van der Waals surface area contributed by atoms with Gasteiger partial charge in [-0.25, -0.2) is 0 Å². The minimum absolute atomic E-state index is 0.0375. The van der Waals surface area contributed by atoms with Gasteiger partial charge in [-0.2, -0.15) is 4.98 Å². The Morgan fingerprint density at radius 3 is 2.50 bits per heavy atom. The van der Waals surface area contributed by atoms with Crippen LogP contribution in [0.2, 0.25) is 0 Å². The summed E-state index contributed by atoms with van der Waals surface area (Å²) in [5, 5.41) is 14.7. The van der Waals surface area contributed by atoms with Crippen molar-refractivity contribution in [2.45, 2.75) is 19.9 Å². The van der Waals surface area contributed by atoms with Crippen LogP contribution in [0.15, 0.2) is 59.1 Å². The third kappa shape index (κ3) is 4.52. The van der Waals surface area contributed by atoms with Crippen molar-refractivity contribution in [2.75, 3.05) is 13.1 Å². The van der Waals surface area contributed by atoms with E-state index >= 15 is 0 Å². The van der Waals surface area contributed by atoms with Crippen molar-refractivity contribution in [3.05, 3.63) is 76.2 Å². The molecule has 1 heterocycles. The molecule has 0 aliphatic carbocycles. The number of hydrogen-bond acceptors (Lipinski definition) is 6. The third-order valence-electron chi connectivity index (χ3n) is 4.17. The van der Waals surface area contributed by atoms with Crippen molar-refractivity contribution in [1.82, 2.24) is 15.0 Å². The first-order chi connectivity index (χ1) is 12.7. The van der Waals surface area contributed by atoms with Gasteiger partial charge < -0.3 is 4.52 Å². The molecule has 0 saturated heterocycles. The molecule has 3 rings (SSSR count). The van der Waals surface area contributed by atoms with E-state index in [0.29, 0.717) is 23.8 Å². The first-order valence-corrected chi connectivity index (χ1v) is 8.49. The number of benzene rings is 2. The van der Waals surface area contributed by atoms with Gasteiger partial charge in [-0.1, -0.05) is 42.4 Å². The number of non-ortho nitro benzene ring substituents is 1. The molecular formula is C19H20N4O3. The number of aromatic nitrogens is 2. The fourth-order valence-electron chi connectivity index (χ4n) is 2.64. The van der Waals surface area contributed by atoms with Crippen LogP contribution >= 0.6 is 0 Å². The molecule has 0 aliphatic rings. The highest BCUT2D eigenvalue weighted by atomic mass is 16.6. The number of nitrogens with zero attached hydrogens (tertiary/aromatic N) is 4. The maximum Gasteiger partial charge on any atom is 0.269 e. The van der Waals surface area contributed by atoms with Gasteiger partial charge in [0, 0.05) is 24.2 Å². The molecule has 0 amide bonds. The first-order valence-electron chi connectivity index (χ1n) is 8.49. The van der Waals surface area contributed by atoms with E-state index in [2.05, 4.69) is 34.1 Å². The topological polar surface area (TPSA) is 85.3 Å². The minimum atomic E-state index is -0.433. The predicted molar refractivity (Wildman–Crippen MR) is 97.5 cm³/mol. The molecule has 0 fully saturated rings. The Hall–Kier alpha value is -3.06.